The topological polar surface area (TPSA) is 64.8 Å². The van der Waals surface area contributed by atoms with Crippen LogP contribution in [0.1, 0.15) is 17.4 Å². The number of sulfone groups is 1. The van der Waals surface area contributed by atoms with Crippen molar-refractivity contribution < 1.29 is 34.8 Å². The van der Waals surface area contributed by atoms with Crippen molar-refractivity contribution >= 4 is 53.1 Å². The lowest BCUT2D eigenvalue weighted by atomic mass is 10.2. The van der Waals surface area contributed by atoms with Gasteiger partial charge in [0.25, 0.3) is 0 Å². The second kappa shape index (κ2) is 6.90. The van der Waals surface area contributed by atoms with Crippen LogP contribution in [-0.2, 0) is 29.2 Å². The third kappa shape index (κ3) is 3.59. The highest BCUT2D eigenvalue weighted by atomic mass is 32.2. The van der Waals surface area contributed by atoms with Crippen molar-refractivity contribution in [3.8, 4) is 10.7 Å². The van der Waals surface area contributed by atoms with E-state index in [1.54, 1.807) is 0 Å². The number of pyridine rings is 1. The minimum atomic E-state index is -4.64. The van der Waals surface area contributed by atoms with Crippen LogP contribution in [0.3, 0.4) is 0 Å². The summed E-state index contributed by atoms with van der Waals surface area (Å²) in [6.07, 6.45) is -8.64. The minimum absolute atomic E-state index is 0.0100. The first kappa shape index (κ1) is 22.0. The number of alkyl halides is 6. The Hall–Kier alpha value is -2.19. The second-order valence-electron chi connectivity index (χ2n) is 6.52. The molecule has 0 saturated heterocycles. The van der Waals surface area contributed by atoms with Crippen molar-refractivity contribution in [1.82, 2.24) is 14.5 Å². The molecule has 166 valence electrons. The van der Waals surface area contributed by atoms with Gasteiger partial charge >= 0.3 is 12.4 Å². The fourth-order valence-electron chi connectivity index (χ4n) is 3.02. The highest BCUT2D eigenvalue weighted by Crippen LogP contribution is 2.48. The van der Waals surface area contributed by atoms with Gasteiger partial charge in [0.05, 0.1) is 20.9 Å². The molecular weight excluding hydrogens is 488 g/mol. The largest absolute Gasteiger partial charge is 0.425 e. The van der Waals surface area contributed by atoms with Gasteiger partial charge in [0, 0.05) is 17.9 Å². The summed E-state index contributed by atoms with van der Waals surface area (Å²) in [4.78, 5) is 6.75. The molecule has 4 rings (SSSR count). The lowest BCUT2D eigenvalue weighted by molar-refractivity contribution is -0.137. The Morgan fingerprint density at radius 2 is 1.74 bits per heavy atom. The number of thiophene rings is 2. The van der Waals surface area contributed by atoms with E-state index in [1.807, 2.05) is 0 Å². The SMILES string of the molecule is CCS(=O)(=O)c1c(-c2nc3cc(C(F)(F)F)cnc3n2C)sc2cc(C(F)(F)F)sc12. The summed E-state index contributed by atoms with van der Waals surface area (Å²) >= 11 is 1.11. The maximum absolute atomic E-state index is 13.1. The van der Waals surface area contributed by atoms with Crippen LogP contribution >= 0.6 is 22.7 Å². The number of halogens is 6. The van der Waals surface area contributed by atoms with Gasteiger partial charge in [-0.05, 0) is 12.1 Å². The smallest absolute Gasteiger partial charge is 0.311 e. The molecule has 4 aromatic rings. The molecule has 5 nitrogen and oxygen atoms in total. The molecule has 0 aliphatic carbocycles. The van der Waals surface area contributed by atoms with E-state index in [0.29, 0.717) is 17.5 Å². The number of aromatic nitrogens is 3. The van der Waals surface area contributed by atoms with Gasteiger partial charge in [0.15, 0.2) is 21.3 Å². The molecule has 0 aliphatic heterocycles. The molecule has 0 spiro atoms. The molecule has 0 unspecified atom stereocenters. The van der Waals surface area contributed by atoms with E-state index >= 15 is 0 Å². The van der Waals surface area contributed by atoms with Crippen molar-refractivity contribution in [2.24, 2.45) is 7.05 Å². The fourth-order valence-corrected chi connectivity index (χ4v) is 7.46. The van der Waals surface area contributed by atoms with Crippen LogP contribution in [0, 0.1) is 0 Å². The molecule has 4 aromatic heterocycles. The van der Waals surface area contributed by atoms with Crippen LogP contribution < -0.4 is 0 Å². The molecule has 0 bridgehead atoms. The van der Waals surface area contributed by atoms with Gasteiger partial charge in [-0.1, -0.05) is 6.92 Å². The van der Waals surface area contributed by atoms with E-state index in [1.165, 1.54) is 18.5 Å². The summed E-state index contributed by atoms with van der Waals surface area (Å²) in [5.41, 5.74) is -1.05. The van der Waals surface area contributed by atoms with Gasteiger partial charge in [0.2, 0.25) is 0 Å². The number of hydrogen-bond acceptors (Lipinski definition) is 6. The molecule has 0 atom stereocenters. The standard InChI is InChI=1S/C17H11F6N3O2S3/c1-3-31(27,28)13-11-9(5-10(30-11)17(21,22)23)29-12(13)15-25-8-4-7(16(18,19)20)6-24-14(8)26(15)2/h4-6H,3H2,1-2H3. The Bertz CT molecular complexity index is 1430. The first-order valence-corrected chi connectivity index (χ1v) is 11.8. The van der Waals surface area contributed by atoms with Crippen molar-refractivity contribution in [3.63, 3.8) is 0 Å². The predicted molar refractivity (Wildman–Crippen MR) is 105 cm³/mol. The average Bonchev–Trinajstić information content (AvgIpc) is 3.30. The average molecular weight is 499 g/mol. The third-order valence-electron chi connectivity index (χ3n) is 4.53. The Kier molecular flexibility index (Phi) is 4.90. The molecule has 0 N–H and O–H groups in total. The summed E-state index contributed by atoms with van der Waals surface area (Å²) in [7, 11) is -2.53. The molecule has 0 amide bonds. The Morgan fingerprint density at radius 1 is 1.06 bits per heavy atom. The lowest BCUT2D eigenvalue weighted by Gasteiger charge is -2.06. The highest BCUT2D eigenvalue weighted by molar-refractivity contribution is 7.92. The van der Waals surface area contributed by atoms with E-state index in [2.05, 4.69) is 9.97 Å². The number of fused-ring (bicyclic) bond motifs is 2. The van der Waals surface area contributed by atoms with Crippen LogP contribution in [0.25, 0.3) is 31.3 Å². The minimum Gasteiger partial charge on any atom is -0.311 e. The Morgan fingerprint density at radius 3 is 2.32 bits per heavy atom. The summed E-state index contributed by atoms with van der Waals surface area (Å²) in [5.74, 6) is -0.360. The molecule has 31 heavy (non-hydrogen) atoms. The van der Waals surface area contributed by atoms with Gasteiger partial charge < -0.3 is 4.57 Å². The van der Waals surface area contributed by atoms with Gasteiger partial charge in [-0.2, -0.15) is 26.3 Å². The zero-order valence-electron chi connectivity index (χ0n) is 15.6. The predicted octanol–water partition coefficient (Wildman–Crippen LogP) is 5.74. The first-order valence-electron chi connectivity index (χ1n) is 8.50. The molecule has 0 aromatic carbocycles. The molecular formula is C17H11F6N3O2S3. The summed E-state index contributed by atoms with van der Waals surface area (Å²) in [6, 6.07) is 1.66. The van der Waals surface area contributed by atoms with Crippen LogP contribution in [0.2, 0.25) is 0 Å². The monoisotopic (exact) mass is 499 g/mol. The number of imidazole rings is 1. The number of nitrogens with zero attached hydrogens (tertiary/aromatic N) is 3. The summed E-state index contributed by atoms with van der Waals surface area (Å²) < 4.78 is 105. The first-order chi connectivity index (χ1) is 14.2. The zero-order valence-corrected chi connectivity index (χ0v) is 18.0. The van der Waals surface area contributed by atoms with Crippen molar-refractivity contribution in [3.05, 3.63) is 28.8 Å². The van der Waals surface area contributed by atoms with Crippen molar-refractivity contribution in [1.29, 1.82) is 0 Å². The van der Waals surface area contributed by atoms with Crippen molar-refractivity contribution in [2.45, 2.75) is 24.2 Å². The molecule has 0 radical (unpaired) electrons. The van der Waals surface area contributed by atoms with Gasteiger partial charge in [-0.15, -0.1) is 22.7 Å². The molecule has 0 aliphatic rings. The molecule has 0 fully saturated rings. The maximum Gasteiger partial charge on any atom is 0.425 e. The summed E-state index contributed by atoms with van der Waals surface area (Å²) in [6.45, 7) is 1.35. The number of hydrogen-bond donors (Lipinski definition) is 0. The lowest BCUT2D eigenvalue weighted by Crippen LogP contribution is -2.06. The van der Waals surface area contributed by atoms with E-state index < -0.39 is 32.6 Å². The third-order valence-corrected chi connectivity index (χ3v) is 9.04. The van der Waals surface area contributed by atoms with Crippen LogP contribution in [0.4, 0.5) is 26.3 Å². The zero-order chi connectivity index (χ0) is 22.9. The Balaban J connectivity index is 2.01. The number of aryl methyl sites for hydroxylation is 1. The van der Waals surface area contributed by atoms with Gasteiger partial charge in [0.1, 0.15) is 15.3 Å². The molecule has 0 saturated carbocycles. The summed E-state index contributed by atoms with van der Waals surface area (Å²) in [5, 5.41) is 0. The van der Waals surface area contributed by atoms with Crippen LogP contribution in [0.5, 0.6) is 0 Å². The Labute approximate surface area is 178 Å². The van der Waals surface area contributed by atoms with E-state index in [0.717, 1.165) is 23.5 Å². The van der Waals surface area contributed by atoms with E-state index in [-0.39, 0.29) is 41.9 Å². The molecule has 4 heterocycles. The molecule has 14 heteroatoms. The fraction of sp³-hybridized carbons (Fsp3) is 0.294. The van der Waals surface area contributed by atoms with Crippen LogP contribution in [-0.4, -0.2) is 28.7 Å². The highest BCUT2D eigenvalue weighted by Gasteiger charge is 2.37. The van der Waals surface area contributed by atoms with Gasteiger partial charge in [-0.25, -0.2) is 18.4 Å². The quantitative estimate of drug-likeness (QED) is 0.337. The van der Waals surface area contributed by atoms with E-state index in [9.17, 15) is 34.8 Å². The second-order valence-corrected chi connectivity index (χ2v) is 10.8. The van der Waals surface area contributed by atoms with E-state index in [4.69, 9.17) is 0 Å². The number of rotatable bonds is 3. The van der Waals surface area contributed by atoms with Crippen LogP contribution in [0.15, 0.2) is 23.2 Å². The normalized spacial score (nSPS) is 13.5. The van der Waals surface area contributed by atoms with Gasteiger partial charge in [-0.3, -0.25) is 0 Å². The van der Waals surface area contributed by atoms with Crippen molar-refractivity contribution in [2.75, 3.05) is 5.75 Å². The maximum atomic E-state index is 13.1.